The molecule has 1 unspecified atom stereocenters. The highest BCUT2D eigenvalue weighted by Crippen LogP contribution is 2.27. The van der Waals surface area contributed by atoms with Gasteiger partial charge in [-0.2, -0.15) is 4.98 Å². The van der Waals surface area contributed by atoms with Crippen molar-refractivity contribution in [3.05, 3.63) is 36.0 Å². The van der Waals surface area contributed by atoms with Crippen molar-refractivity contribution in [2.45, 2.75) is 45.6 Å². The van der Waals surface area contributed by atoms with Crippen molar-refractivity contribution < 1.29 is 4.74 Å². The predicted octanol–water partition coefficient (Wildman–Crippen LogP) is 4.31. The van der Waals surface area contributed by atoms with Crippen LogP contribution in [0.3, 0.4) is 0 Å². The number of rotatable bonds is 5. The van der Waals surface area contributed by atoms with E-state index in [0.29, 0.717) is 12.0 Å². The number of aryl methyl sites for hydroxylation is 1. The standard InChI is InChI=1S/C19H26N4O/c1-4-16-9-5-6-11-23(16)18-12-14(2)20-19(22-18)21-15-8-7-10-17(13-15)24-3/h7-8,10,12-13,16H,4-6,9,11H2,1-3H3,(H,20,21,22). The van der Waals surface area contributed by atoms with E-state index in [-0.39, 0.29) is 0 Å². The molecule has 0 aliphatic carbocycles. The number of methoxy groups -OCH3 is 1. The van der Waals surface area contributed by atoms with Crippen LogP contribution in [0.5, 0.6) is 5.75 Å². The Labute approximate surface area is 144 Å². The van der Waals surface area contributed by atoms with E-state index in [1.54, 1.807) is 7.11 Å². The fourth-order valence-corrected chi connectivity index (χ4v) is 3.31. The van der Waals surface area contributed by atoms with Crippen LogP contribution in [-0.2, 0) is 0 Å². The van der Waals surface area contributed by atoms with Gasteiger partial charge in [0.1, 0.15) is 11.6 Å². The third-order valence-corrected chi connectivity index (χ3v) is 4.56. The molecule has 1 aromatic carbocycles. The van der Waals surface area contributed by atoms with Crippen LogP contribution in [0.15, 0.2) is 30.3 Å². The molecule has 5 heteroatoms. The summed E-state index contributed by atoms with van der Waals surface area (Å²) in [5.74, 6) is 2.48. The van der Waals surface area contributed by atoms with E-state index in [1.807, 2.05) is 31.2 Å². The van der Waals surface area contributed by atoms with Crippen molar-refractivity contribution in [2.24, 2.45) is 0 Å². The topological polar surface area (TPSA) is 50.3 Å². The number of hydrogen-bond donors (Lipinski definition) is 1. The van der Waals surface area contributed by atoms with Gasteiger partial charge in [0.2, 0.25) is 5.95 Å². The molecule has 3 rings (SSSR count). The van der Waals surface area contributed by atoms with Crippen LogP contribution in [0.1, 0.15) is 38.3 Å². The minimum absolute atomic E-state index is 0.581. The average molecular weight is 326 g/mol. The first-order valence-electron chi connectivity index (χ1n) is 8.73. The van der Waals surface area contributed by atoms with Crippen LogP contribution < -0.4 is 15.0 Å². The van der Waals surface area contributed by atoms with Crippen LogP contribution in [0, 0.1) is 6.92 Å². The molecule has 0 radical (unpaired) electrons. The molecular weight excluding hydrogens is 300 g/mol. The Hall–Kier alpha value is -2.30. The van der Waals surface area contributed by atoms with Gasteiger partial charge in [0.25, 0.3) is 0 Å². The molecule has 0 amide bonds. The summed E-state index contributed by atoms with van der Waals surface area (Å²) >= 11 is 0. The van der Waals surface area contributed by atoms with E-state index >= 15 is 0 Å². The van der Waals surface area contributed by atoms with Crippen molar-refractivity contribution in [3.8, 4) is 5.75 Å². The fraction of sp³-hybridized carbons (Fsp3) is 0.474. The van der Waals surface area contributed by atoms with Gasteiger partial charge in [-0.15, -0.1) is 0 Å². The number of piperidine rings is 1. The molecule has 1 aromatic heterocycles. The van der Waals surface area contributed by atoms with Crippen molar-refractivity contribution >= 4 is 17.5 Å². The average Bonchev–Trinajstić information content (AvgIpc) is 2.61. The highest BCUT2D eigenvalue weighted by atomic mass is 16.5. The monoisotopic (exact) mass is 326 g/mol. The van der Waals surface area contributed by atoms with Crippen LogP contribution in [0.2, 0.25) is 0 Å². The maximum Gasteiger partial charge on any atom is 0.229 e. The number of anilines is 3. The second-order valence-electron chi connectivity index (χ2n) is 6.30. The minimum atomic E-state index is 0.581. The molecule has 0 saturated carbocycles. The number of benzene rings is 1. The van der Waals surface area contributed by atoms with Gasteiger partial charge >= 0.3 is 0 Å². The first-order valence-corrected chi connectivity index (χ1v) is 8.73. The van der Waals surface area contributed by atoms with Gasteiger partial charge in [0.15, 0.2) is 0 Å². The molecule has 1 atom stereocenters. The highest BCUT2D eigenvalue weighted by Gasteiger charge is 2.22. The molecule has 1 aliphatic heterocycles. The van der Waals surface area contributed by atoms with Gasteiger partial charge in [-0.1, -0.05) is 13.0 Å². The SMILES string of the molecule is CCC1CCCCN1c1cc(C)nc(Nc2cccc(OC)c2)n1. The Morgan fingerprint density at radius 3 is 2.92 bits per heavy atom. The van der Waals surface area contributed by atoms with Crippen molar-refractivity contribution in [1.82, 2.24) is 9.97 Å². The van der Waals surface area contributed by atoms with Crippen molar-refractivity contribution in [3.63, 3.8) is 0 Å². The molecule has 1 aliphatic rings. The molecule has 2 aromatic rings. The molecule has 0 spiro atoms. The largest absolute Gasteiger partial charge is 0.497 e. The summed E-state index contributed by atoms with van der Waals surface area (Å²) in [6.07, 6.45) is 4.95. The van der Waals surface area contributed by atoms with Gasteiger partial charge in [-0.05, 0) is 44.7 Å². The molecule has 1 fully saturated rings. The summed E-state index contributed by atoms with van der Waals surface area (Å²) in [6.45, 7) is 5.35. The summed E-state index contributed by atoms with van der Waals surface area (Å²) in [6, 6.07) is 10.5. The van der Waals surface area contributed by atoms with Crippen LogP contribution >= 0.6 is 0 Å². The number of ether oxygens (including phenoxy) is 1. The summed E-state index contributed by atoms with van der Waals surface area (Å²) in [5.41, 5.74) is 1.91. The molecule has 1 N–H and O–H groups in total. The molecule has 2 heterocycles. The Bertz CT molecular complexity index is 689. The minimum Gasteiger partial charge on any atom is -0.497 e. The van der Waals surface area contributed by atoms with Crippen LogP contribution in [0.4, 0.5) is 17.5 Å². The number of aromatic nitrogens is 2. The van der Waals surface area contributed by atoms with Gasteiger partial charge in [0, 0.05) is 36.1 Å². The predicted molar refractivity (Wildman–Crippen MR) is 98.3 cm³/mol. The van der Waals surface area contributed by atoms with Gasteiger partial charge < -0.3 is 15.0 Å². The maximum absolute atomic E-state index is 5.27. The second-order valence-corrected chi connectivity index (χ2v) is 6.30. The molecule has 1 saturated heterocycles. The van der Waals surface area contributed by atoms with E-state index in [4.69, 9.17) is 9.72 Å². The normalized spacial score (nSPS) is 17.6. The second kappa shape index (κ2) is 7.51. The van der Waals surface area contributed by atoms with E-state index in [9.17, 15) is 0 Å². The third-order valence-electron chi connectivity index (χ3n) is 4.56. The maximum atomic E-state index is 5.27. The summed E-state index contributed by atoms with van der Waals surface area (Å²) in [5, 5.41) is 3.30. The van der Waals surface area contributed by atoms with Crippen molar-refractivity contribution in [2.75, 3.05) is 23.9 Å². The Balaban J connectivity index is 1.85. The van der Waals surface area contributed by atoms with E-state index in [1.165, 1.54) is 19.3 Å². The molecule has 5 nitrogen and oxygen atoms in total. The van der Waals surface area contributed by atoms with E-state index < -0.39 is 0 Å². The lowest BCUT2D eigenvalue weighted by atomic mass is 10.00. The van der Waals surface area contributed by atoms with Crippen LogP contribution in [-0.4, -0.2) is 29.7 Å². The lowest BCUT2D eigenvalue weighted by Crippen LogP contribution is -2.39. The van der Waals surface area contributed by atoms with Gasteiger partial charge in [0.05, 0.1) is 7.11 Å². The first kappa shape index (κ1) is 16.6. The number of nitrogens with zero attached hydrogens (tertiary/aromatic N) is 3. The Kier molecular flexibility index (Phi) is 5.18. The van der Waals surface area contributed by atoms with E-state index in [2.05, 4.69) is 28.2 Å². The quantitative estimate of drug-likeness (QED) is 0.887. The lowest BCUT2D eigenvalue weighted by molar-refractivity contribution is 0.415. The zero-order chi connectivity index (χ0) is 16.9. The Morgan fingerprint density at radius 2 is 2.12 bits per heavy atom. The summed E-state index contributed by atoms with van der Waals surface area (Å²) in [4.78, 5) is 11.7. The van der Waals surface area contributed by atoms with Gasteiger partial charge in [-0.3, -0.25) is 0 Å². The number of hydrogen-bond acceptors (Lipinski definition) is 5. The van der Waals surface area contributed by atoms with Crippen molar-refractivity contribution in [1.29, 1.82) is 0 Å². The van der Waals surface area contributed by atoms with E-state index in [0.717, 1.165) is 35.9 Å². The number of nitrogens with one attached hydrogen (secondary N) is 1. The third kappa shape index (κ3) is 3.78. The Morgan fingerprint density at radius 1 is 1.25 bits per heavy atom. The molecular formula is C19H26N4O. The highest BCUT2D eigenvalue weighted by molar-refractivity contribution is 5.58. The van der Waals surface area contributed by atoms with Crippen LogP contribution in [0.25, 0.3) is 0 Å². The molecule has 0 bridgehead atoms. The summed E-state index contributed by atoms with van der Waals surface area (Å²) in [7, 11) is 1.67. The zero-order valence-electron chi connectivity index (χ0n) is 14.7. The molecule has 128 valence electrons. The lowest BCUT2D eigenvalue weighted by Gasteiger charge is -2.36. The smallest absolute Gasteiger partial charge is 0.229 e. The zero-order valence-corrected chi connectivity index (χ0v) is 14.7. The summed E-state index contributed by atoms with van der Waals surface area (Å²) < 4.78 is 5.27. The molecule has 24 heavy (non-hydrogen) atoms. The van der Waals surface area contributed by atoms with Gasteiger partial charge in [-0.25, -0.2) is 4.98 Å². The first-order chi connectivity index (χ1) is 11.7. The fourth-order valence-electron chi connectivity index (χ4n) is 3.31.